The fourth-order valence-electron chi connectivity index (χ4n) is 4.69. The maximum absolute atomic E-state index is 14.1. The minimum absolute atomic E-state index is 0.105. The van der Waals surface area contributed by atoms with Crippen molar-refractivity contribution in [2.75, 3.05) is 23.9 Å². The largest absolute Gasteiger partial charge is 0.354 e. The number of amides is 2. The summed E-state index contributed by atoms with van der Waals surface area (Å²) in [7, 11) is -4.07. The normalized spacial score (nSPS) is 12.0. The molecule has 1 atom stereocenters. The Morgan fingerprint density at radius 3 is 2.10 bits per heavy atom. The van der Waals surface area contributed by atoms with Crippen molar-refractivity contribution in [1.82, 2.24) is 10.2 Å². The molecule has 40 heavy (non-hydrogen) atoms. The van der Waals surface area contributed by atoms with Crippen LogP contribution in [-0.2, 0) is 32.5 Å². The second-order valence-corrected chi connectivity index (χ2v) is 11.6. The van der Waals surface area contributed by atoms with E-state index in [2.05, 4.69) is 12.2 Å². The van der Waals surface area contributed by atoms with E-state index in [1.54, 1.807) is 35.2 Å². The van der Waals surface area contributed by atoms with Gasteiger partial charge >= 0.3 is 0 Å². The number of anilines is 1. The van der Waals surface area contributed by atoms with Crippen LogP contribution >= 0.6 is 0 Å². The lowest BCUT2D eigenvalue weighted by Crippen LogP contribution is -2.53. The second-order valence-electron chi connectivity index (χ2n) is 9.70. The van der Waals surface area contributed by atoms with Crippen molar-refractivity contribution in [2.24, 2.45) is 0 Å². The Labute approximate surface area is 239 Å². The molecule has 3 aromatic rings. The van der Waals surface area contributed by atoms with Gasteiger partial charge in [-0.25, -0.2) is 8.42 Å². The van der Waals surface area contributed by atoms with Gasteiger partial charge in [-0.3, -0.25) is 13.9 Å². The molecule has 7 nitrogen and oxygen atoms in total. The topological polar surface area (TPSA) is 86.8 Å². The van der Waals surface area contributed by atoms with Crippen LogP contribution in [0.2, 0.25) is 0 Å². The summed E-state index contributed by atoms with van der Waals surface area (Å²) >= 11 is 0. The van der Waals surface area contributed by atoms with Crippen LogP contribution in [0.1, 0.15) is 51.2 Å². The molecule has 0 aliphatic heterocycles. The summed E-state index contributed by atoms with van der Waals surface area (Å²) in [6, 6.07) is 24.4. The number of sulfonamides is 1. The average Bonchev–Trinajstić information content (AvgIpc) is 2.98. The number of aryl methyl sites for hydroxylation is 1. The van der Waals surface area contributed by atoms with Gasteiger partial charge < -0.3 is 10.2 Å². The maximum atomic E-state index is 14.1. The van der Waals surface area contributed by atoms with Crippen LogP contribution in [-0.4, -0.2) is 50.8 Å². The van der Waals surface area contributed by atoms with Gasteiger partial charge in [0, 0.05) is 13.1 Å². The van der Waals surface area contributed by atoms with E-state index in [1.165, 1.54) is 16.4 Å². The van der Waals surface area contributed by atoms with Gasteiger partial charge in [0.15, 0.2) is 0 Å². The number of hydrogen-bond donors (Lipinski definition) is 1. The predicted molar refractivity (Wildman–Crippen MR) is 161 cm³/mol. The summed E-state index contributed by atoms with van der Waals surface area (Å²) in [6.45, 7) is 6.28. The molecule has 0 saturated carbocycles. The summed E-state index contributed by atoms with van der Waals surface area (Å²) in [5, 5.41) is 2.96. The van der Waals surface area contributed by atoms with Crippen LogP contribution in [0.3, 0.4) is 0 Å². The smallest absolute Gasteiger partial charge is 0.264 e. The molecule has 0 unspecified atom stereocenters. The highest BCUT2D eigenvalue weighted by atomic mass is 32.2. The number of benzene rings is 3. The van der Waals surface area contributed by atoms with Crippen LogP contribution < -0.4 is 9.62 Å². The van der Waals surface area contributed by atoms with Crippen LogP contribution in [0.4, 0.5) is 5.69 Å². The number of nitrogens with one attached hydrogen (secondary N) is 1. The summed E-state index contributed by atoms with van der Waals surface area (Å²) in [5.74, 6) is -0.636. The number of rotatable bonds is 15. The molecular weight excluding hydrogens is 522 g/mol. The standard InChI is InChI=1S/C32H41N3O4S/c1-4-7-23-33-32(37)29(6-3)34(24-22-26-16-10-8-11-17-26)31(36)25-35(30-21-15-14-18-27(30)5-2)40(38,39)28-19-12-9-13-20-28/h8-21,29H,4-7,22-25H2,1-3H3,(H,33,37)/t29-/m0/s1. The van der Waals surface area contributed by atoms with E-state index in [0.717, 1.165) is 24.0 Å². The first-order valence-corrected chi connectivity index (χ1v) is 15.5. The molecule has 0 radical (unpaired) electrons. The minimum atomic E-state index is -4.07. The van der Waals surface area contributed by atoms with E-state index in [9.17, 15) is 18.0 Å². The van der Waals surface area contributed by atoms with Gasteiger partial charge in [0.05, 0.1) is 10.6 Å². The lowest BCUT2D eigenvalue weighted by atomic mass is 10.1. The first kappa shape index (κ1) is 30.9. The zero-order valence-corrected chi connectivity index (χ0v) is 24.6. The molecule has 0 bridgehead atoms. The Hall–Kier alpha value is -3.65. The highest BCUT2D eigenvalue weighted by Gasteiger charge is 2.33. The van der Waals surface area contributed by atoms with E-state index in [-0.39, 0.29) is 17.3 Å². The minimum Gasteiger partial charge on any atom is -0.354 e. The third-order valence-corrected chi connectivity index (χ3v) is 8.72. The molecule has 0 aliphatic rings. The average molecular weight is 564 g/mol. The summed E-state index contributed by atoms with van der Waals surface area (Å²) in [4.78, 5) is 29.0. The van der Waals surface area contributed by atoms with Crippen molar-refractivity contribution in [2.45, 2.75) is 63.8 Å². The van der Waals surface area contributed by atoms with Gasteiger partial charge in [-0.2, -0.15) is 0 Å². The van der Waals surface area contributed by atoms with Crippen molar-refractivity contribution < 1.29 is 18.0 Å². The first-order chi connectivity index (χ1) is 19.3. The number of para-hydroxylation sites is 1. The Balaban J connectivity index is 2.00. The predicted octanol–water partition coefficient (Wildman–Crippen LogP) is 5.21. The monoisotopic (exact) mass is 563 g/mol. The third-order valence-electron chi connectivity index (χ3n) is 6.95. The van der Waals surface area contributed by atoms with Gasteiger partial charge in [-0.05, 0) is 55.0 Å². The van der Waals surface area contributed by atoms with Gasteiger partial charge in [-0.15, -0.1) is 0 Å². The molecule has 0 aromatic heterocycles. The lowest BCUT2D eigenvalue weighted by molar-refractivity contribution is -0.139. The van der Waals surface area contributed by atoms with Crippen molar-refractivity contribution >= 4 is 27.5 Å². The Bertz CT molecular complexity index is 1330. The van der Waals surface area contributed by atoms with Gasteiger partial charge in [-0.1, -0.05) is 93.9 Å². The van der Waals surface area contributed by atoms with Gasteiger partial charge in [0.2, 0.25) is 11.8 Å². The van der Waals surface area contributed by atoms with Crippen molar-refractivity contribution in [1.29, 1.82) is 0 Å². The maximum Gasteiger partial charge on any atom is 0.264 e. The van der Waals surface area contributed by atoms with Crippen molar-refractivity contribution in [3.63, 3.8) is 0 Å². The molecule has 3 rings (SSSR count). The van der Waals surface area contributed by atoms with Gasteiger partial charge in [0.25, 0.3) is 10.0 Å². The third kappa shape index (κ3) is 7.94. The number of carbonyl (C=O) groups is 2. The van der Waals surface area contributed by atoms with Crippen LogP contribution in [0.15, 0.2) is 89.8 Å². The number of nitrogens with zero attached hydrogens (tertiary/aromatic N) is 2. The van der Waals surface area contributed by atoms with Crippen molar-refractivity contribution in [3.8, 4) is 0 Å². The van der Waals surface area contributed by atoms with E-state index >= 15 is 0 Å². The fraction of sp³-hybridized carbons (Fsp3) is 0.375. The number of hydrogen-bond acceptors (Lipinski definition) is 4. The fourth-order valence-corrected chi connectivity index (χ4v) is 6.16. The van der Waals surface area contributed by atoms with Crippen LogP contribution in [0.5, 0.6) is 0 Å². The zero-order valence-electron chi connectivity index (χ0n) is 23.8. The van der Waals surface area contributed by atoms with Crippen molar-refractivity contribution in [3.05, 3.63) is 96.1 Å². The Morgan fingerprint density at radius 2 is 1.48 bits per heavy atom. The highest BCUT2D eigenvalue weighted by Crippen LogP contribution is 2.28. The quantitative estimate of drug-likeness (QED) is 0.257. The second kappa shape index (κ2) is 15.2. The molecule has 0 saturated heterocycles. The van der Waals surface area contributed by atoms with E-state index < -0.39 is 28.5 Å². The Morgan fingerprint density at radius 1 is 0.850 bits per heavy atom. The van der Waals surface area contributed by atoms with Crippen LogP contribution in [0, 0.1) is 0 Å². The first-order valence-electron chi connectivity index (χ1n) is 14.1. The SMILES string of the molecule is CCCCNC(=O)[C@H](CC)N(CCc1ccccc1)C(=O)CN(c1ccccc1CC)S(=O)(=O)c1ccccc1. The molecule has 1 N–H and O–H groups in total. The number of carbonyl (C=O) groups excluding carboxylic acids is 2. The molecule has 8 heteroatoms. The van der Waals surface area contributed by atoms with Gasteiger partial charge in [0.1, 0.15) is 12.6 Å². The molecule has 3 aromatic carbocycles. The molecule has 0 heterocycles. The molecule has 214 valence electrons. The molecule has 0 aliphatic carbocycles. The summed E-state index contributed by atoms with van der Waals surface area (Å²) in [5.41, 5.74) is 2.31. The van der Waals surface area contributed by atoms with Crippen LogP contribution in [0.25, 0.3) is 0 Å². The Kier molecular flexibility index (Phi) is 11.8. The molecule has 0 spiro atoms. The zero-order chi connectivity index (χ0) is 29.0. The molecule has 2 amide bonds. The summed E-state index contributed by atoms with van der Waals surface area (Å²) in [6.07, 6.45) is 3.34. The molecule has 0 fully saturated rings. The summed E-state index contributed by atoms with van der Waals surface area (Å²) < 4.78 is 29.1. The highest BCUT2D eigenvalue weighted by molar-refractivity contribution is 7.92. The molecular formula is C32H41N3O4S. The van der Waals surface area contributed by atoms with E-state index in [0.29, 0.717) is 31.5 Å². The van der Waals surface area contributed by atoms with E-state index in [1.807, 2.05) is 56.3 Å². The number of unbranched alkanes of at least 4 members (excludes halogenated alkanes) is 1. The van der Waals surface area contributed by atoms with E-state index in [4.69, 9.17) is 0 Å². The lowest BCUT2D eigenvalue weighted by Gasteiger charge is -2.33.